The van der Waals surface area contributed by atoms with Gasteiger partial charge in [0.2, 0.25) is 0 Å². The third-order valence-corrected chi connectivity index (χ3v) is 5.05. The molecule has 4 aromatic carbocycles. The first-order valence-corrected chi connectivity index (χ1v) is 9.00. The zero-order valence-corrected chi connectivity index (χ0v) is 14.4. The van der Waals surface area contributed by atoms with E-state index in [1.165, 1.54) is 33.4 Å². The molecule has 1 nitrogen and oxygen atoms in total. The van der Waals surface area contributed by atoms with Crippen molar-refractivity contribution in [3.8, 4) is 22.3 Å². The van der Waals surface area contributed by atoms with Gasteiger partial charge in [0.05, 0.1) is 0 Å². The first kappa shape index (κ1) is 15.0. The molecule has 4 aromatic rings. The molecular formula is C25H19N. The van der Waals surface area contributed by atoms with Crippen molar-refractivity contribution < 1.29 is 0 Å². The highest BCUT2D eigenvalue weighted by Crippen LogP contribution is 2.38. The number of hydrogen-bond acceptors (Lipinski definition) is 1. The minimum atomic E-state index is 1.02. The van der Waals surface area contributed by atoms with Gasteiger partial charge < -0.3 is 5.32 Å². The van der Waals surface area contributed by atoms with Crippen LogP contribution < -0.4 is 5.32 Å². The van der Waals surface area contributed by atoms with Gasteiger partial charge in [-0.25, -0.2) is 0 Å². The van der Waals surface area contributed by atoms with Crippen LogP contribution >= 0.6 is 0 Å². The number of fused-ring (bicyclic) bond motifs is 3. The molecule has 0 aliphatic heterocycles. The molecule has 0 atom stereocenters. The summed E-state index contributed by atoms with van der Waals surface area (Å²) in [5.41, 5.74) is 10.3. The molecule has 1 aliphatic rings. The lowest BCUT2D eigenvalue weighted by molar-refractivity contribution is 1.26. The molecule has 0 bridgehead atoms. The topological polar surface area (TPSA) is 12.0 Å². The highest BCUT2D eigenvalue weighted by atomic mass is 14.9. The van der Waals surface area contributed by atoms with Crippen LogP contribution in [0, 0.1) is 0 Å². The molecular weight excluding hydrogens is 314 g/mol. The van der Waals surface area contributed by atoms with Gasteiger partial charge in [-0.2, -0.15) is 0 Å². The molecule has 0 radical (unpaired) electrons. The minimum absolute atomic E-state index is 1.02. The van der Waals surface area contributed by atoms with E-state index in [4.69, 9.17) is 0 Å². The second-order valence-corrected chi connectivity index (χ2v) is 6.78. The van der Waals surface area contributed by atoms with E-state index in [-0.39, 0.29) is 0 Å². The quantitative estimate of drug-likeness (QED) is 0.389. The Bertz CT molecular complexity index is 1080. The van der Waals surface area contributed by atoms with Crippen LogP contribution in [0.3, 0.4) is 0 Å². The second kappa shape index (κ2) is 6.20. The van der Waals surface area contributed by atoms with Crippen molar-refractivity contribution in [1.82, 2.24) is 0 Å². The Labute approximate surface area is 154 Å². The van der Waals surface area contributed by atoms with Gasteiger partial charge in [0.15, 0.2) is 0 Å². The molecule has 1 aliphatic carbocycles. The molecule has 1 heteroatoms. The highest BCUT2D eigenvalue weighted by Gasteiger charge is 2.17. The second-order valence-electron chi connectivity index (χ2n) is 6.78. The summed E-state index contributed by atoms with van der Waals surface area (Å²) in [5, 5.41) is 3.57. The molecule has 5 rings (SSSR count). The van der Waals surface area contributed by atoms with Crippen molar-refractivity contribution >= 4 is 11.4 Å². The van der Waals surface area contributed by atoms with Crippen molar-refractivity contribution in [2.75, 3.05) is 5.32 Å². The molecule has 0 heterocycles. The summed E-state index contributed by atoms with van der Waals surface area (Å²) in [6.07, 6.45) is 1.02. The van der Waals surface area contributed by atoms with Crippen molar-refractivity contribution in [1.29, 1.82) is 0 Å². The Balaban J connectivity index is 1.44. The number of rotatable bonds is 3. The molecule has 0 fully saturated rings. The Hall–Kier alpha value is -3.32. The van der Waals surface area contributed by atoms with Crippen LogP contribution in [-0.4, -0.2) is 0 Å². The molecule has 0 saturated heterocycles. The van der Waals surface area contributed by atoms with Gasteiger partial charge in [-0.3, -0.25) is 0 Å². The van der Waals surface area contributed by atoms with E-state index in [1.54, 1.807) is 0 Å². The molecule has 0 saturated carbocycles. The molecule has 1 N–H and O–H groups in total. The predicted molar refractivity (Wildman–Crippen MR) is 110 cm³/mol. The Morgan fingerprint density at radius 1 is 0.500 bits per heavy atom. The summed E-state index contributed by atoms with van der Waals surface area (Å²) < 4.78 is 0. The van der Waals surface area contributed by atoms with Crippen LogP contribution in [0.4, 0.5) is 11.4 Å². The Morgan fingerprint density at radius 2 is 1.23 bits per heavy atom. The maximum atomic E-state index is 3.57. The van der Waals surface area contributed by atoms with Crippen LogP contribution in [0.25, 0.3) is 22.3 Å². The maximum absolute atomic E-state index is 3.57. The summed E-state index contributed by atoms with van der Waals surface area (Å²) in [5.74, 6) is 0. The number of anilines is 2. The standard InChI is InChI=1S/C25H19N/c1-2-7-18(8-3-1)19-10-6-11-22(16-19)26-23-13-14-25-21(17-23)15-20-9-4-5-12-24(20)25/h1-14,16-17,26H,15H2. The number of benzene rings is 4. The fourth-order valence-corrected chi connectivity index (χ4v) is 3.80. The first-order valence-electron chi connectivity index (χ1n) is 9.00. The van der Waals surface area contributed by atoms with E-state index in [1.807, 2.05) is 6.07 Å². The molecule has 26 heavy (non-hydrogen) atoms. The van der Waals surface area contributed by atoms with Crippen molar-refractivity contribution in [3.05, 3.63) is 108 Å². The van der Waals surface area contributed by atoms with Gasteiger partial charge >= 0.3 is 0 Å². The summed E-state index contributed by atoms with van der Waals surface area (Å²) >= 11 is 0. The van der Waals surface area contributed by atoms with Gasteiger partial charge in [-0.1, -0.05) is 72.8 Å². The summed E-state index contributed by atoms with van der Waals surface area (Å²) in [6.45, 7) is 0. The monoisotopic (exact) mass is 333 g/mol. The van der Waals surface area contributed by atoms with E-state index in [0.717, 1.165) is 17.8 Å². The van der Waals surface area contributed by atoms with Crippen LogP contribution in [0.5, 0.6) is 0 Å². The molecule has 0 spiro atoms. The molecule has 0 unspecified atom stereocenters. The molecule has 0 amide bonds. The lowest BCUT2D eigenvalue weighted by atomic mass is 10.0. The van der Waals surface area contributed by atoms with E-state index in [0.29, 0.717) is 0 Å². The molecule has 0 aromatic heterocycles. The normalized spacial score (nSPS) is 11.7. The van der Waals surface area contributed by atoms with Gasteiger partial charge in [-0.05, 0) is 64.1 Å². The lowest BCUT2D eigenvalue weighted by Gasteiger charge is -2.10. The summed E-state index contributed by atoms with van der Waals surface area (Å²) in [6, 6.07) is 34.5. The maximum Gasteiger partial charge on any atom is 0.0390 e. The fourth-order valence-electron chi connectivity index (χ4n) is 3.80. The largest absolute Gasteiger partial charge is 0.356 e. The molecule has 124 valence electrons. The van der Waals surface area contributed by atoms with Crippen molar-refractivity contribution in [3.63, 3.8) is 0 Å². The Kier molecular flexibility index (Phi) is 3.57. The Morgan fingerprint density at radius 3 is 2.15 bits per heavy atom. The summed E-state index contributed by atoms with van der Waals surface area (Å²) in [7, 11) is 0. The van der Waals surface area contributed by atoms with E-state index < -0.39 is 0 Å². The zero-order chi connectivity index (χ0) is 17.3. The van der Waals surface area contributed by atoms with Gasteiger partial charge in [0, 0.05) is 11.4 Å². The van der Waals surface area contributed by atoms with E-state index in [2.05, 4.69) is 96.3 Å². The van der Waals surface area contributed by atoms with Crippen LogP contribution in [0.2, 0.25) is 0 Å². The smallest absolute Gasteiger partial charge is 0.0390 e. The third-order valence-electron chi connectivity index (χ3n) is 5.05. The van der Waals surface area contributed by atoms with Gasteiger partial charge in [-0.15, -0.1) is 0 Å². The van der Waals surface area contributed by atoms with E-state index >= 15 is 0 Å². The third kappa shape index (κ3) is 2.68. The SMILES string of the molecule is c1ccc(-c2cccc(Nc3ccc4c(c3)Cc3ccccc3-4)c2)cc1. The first-order chi connectivity index (χ1) is 12.9. The zero-order valence-electron chi connectivity index (χ0n) is 14.4. The predicted octanol–water partition coefficient (Wildman–Crippen LogP) is 6.67. The van der Waals surface area contributed by atoms with E-state index in [9.17, 15) is 0 Å². The summed E-state index contributed by atoms with van der Waals surface area (Å²) in [4.78, 5) is 0. The number of nitrogens with one attached hydrogen (secondary N) is 1. The van der Waals surface area contributed by atoms with Crippen LogP contribution in [0.15, 0.2) is 97.1 Å². The average Bonchev–Trinajstić information content (AvgIpc) is 3.07. The van der Waals surface area contributed by atoms with Crippen LogP contribution in [0.1, 0.15) is 11.1 Å². The minimum Gasteiger partial charge on any atom is -0.356 e. The van der Waals surface area contributed by atoms with Gasteiger partial charge in [0.1, 0.15) is 0 Å². The van der Waals surface area contributed by atoms with Crippen LogP contribution in [-0.2, 0) is 6.42 Å². The van der Waals surface area contributed by atoms with Gasteiger partial charge in [0.25, 0.3) is 0 Å². The average molecular weight is 333 g/mol. The van der Waals surface area contributed by atoms with Crippen molar-refractivity contribution in [2.45, 2.75) is 6.42 Å². The van der Waals surface area contributed by atoms with Crippen molar-refractivity contribution in [2.24, 2.45) is 0 Å². The lowest BCUT2D eigenvalue weighted by Crippen LogP contribution is -1.92. The number of hydrogen-bond donors (Lipinski definition) is 1. The highest BCUT2D eigenvalue weighted by molar-refractivity contribution is 5.80. The fraction of sp³-hybridized carbons (Fsp3) is 0.0400.